The van der Waals surface area contributed by atoms with Crippen molar-refractivity contribution in [2.75, 3.05) is 11.9 Å². The smallest absolute Gasteiger partial charge is 0.197 e. The molecule has 2 heterocycles. The van der Waals surface area contributed by atoms with E-state index in [1.165, 1.54) is 0 Å². The van der Waals surface area contributed by atoms with Crippen LogP contribution in [0.15, 0.2) is 27.3 Å². The van der Waals surface area contributed by atoms with Crippen molar-refractivity contribution in [3.8, 4) is 11.6 Å². The molecule has 0 fully saturated rings. The highest BCUT2D eigenvalue weighted by Crippen LogP contribution is 2.27. The highest BCUT2D eigenvalue weighted by atomic mass is 79.9. The Morgan fingerprint density at radius 2 is 2.17 bits per heavy atom. The van der Waals surface area contributed by atoms with Crippen molar-refractivity contribution in [1.29, 1.82) is 0 Å². The van der Waals surface area contributed by atoms with Crippen molar-refractivity contribution in [2.24, 2.45) is 0 Å². The summed E-state index contributed by atoms with van der Waals surface area (Å²) in [6.07, 6.45) is 3.52. The Morgan fingerprint density at radius 3 is 2.78 bits per heavy atom. The first-order chi connectivity index (χ1) is 8.76. The van der Waals surface area contributed by atoms with E-state index in [0.717, 1.165) is 35.4 Å². The van der Waals surface area contributed by atoms with Gasteiger partial charge in [-0.1, -0.05) is 13.8 Å². The molecule has 5 heteroatoms. The van der Waals surface area contributed by atoms with E-state index in [1.54, 1.807) is 6.26 Å². The van der Waals surface area contributed by atoms with Crippen LogP contribution in [-0.2, 0) is 6.42 Å². The van der Waals surface area contributed by atoms with Gasteiger partial charge in [0.2, 0.25) is 0 Å². The van der Waals surface area contributed by atoms with Crippen LogP contribution >= 0.6 is 15.9 Å². The lowest BCUT2D eigenvalue weighted by Gasteiger charge is -2.10. The lowest BCUT2D eigenvalue weighted by atomic mass is 10.3. The summed E-state index contributed by atoms with van der Waals surface area (Å²) >= 11 is 3.55. The van der Waals surface area contributed by atoms with E-state index in [0.29, 0.717) is 11.6 Å². The molecule has 0 aromatic carbocycles. The molecule has 2 aromatic heterocycles. The third-order valence-corrected chi connectivity index (χ3v) is 3.37. The van der Waals surface area contributed by atoms with Crippen molar-refractivity contribution in [3.63, 3.8) is 0 Å². The fourth-order valence-electron chi connectivity index (χ4n) is 1.60. The molecule has 1 N–H and O–H groups in total. The Hall–Kier alpha value is -1.36. The second kappa shape index (κ2) is 6.00. The number of aryl methyl sites for hydroxylation is 1. The molecule has 0 radical (unpaired) electrons. The lowest BCUT2D eigenvalue weighted by molar-refractivity contribution is 0.576. The minimum absolute atomic E-state index is 0.624. The molecule has 2 rings (SSSR count). The molecule has 0 spiro atoms. The summed E-state index contributed by atoms with van der Waals surface area (Å²) in [6, 6.07) is 3.71. The average Bonchev–Trinajstić information content (AvgIpc) is 2.91. The Kier molecular flexibility index (Phi) is 4.36. The molecular weight excluding hydrogens is 294 g/mol. The molecular formula is C13H16BrN3O. The number of nitrogens with zero attached hydrogens (tertiary/aromatic N) is 2. The van der Waals surface area contributed by atoms with Crippen molar-refractivity contribution in [3.05, 3.63) is 28.6 Å². The molecule has 18 heavy (non-hydrogen) atoms. The Bertz CT molecular complexity index is 511. The quantitative estimate of drug-likeness (QED) is 0.910. The third-order valence-electron chi connectivity index (χ3n) is 2.54. The Balaban J connectivity index is 2.42. The number of halogens is 1. The number of rotatable bonds is 5. The van der Waals surface area contributed by atoms with Crippen LogP contribution in [0, 0.1) is 0 Å². The summed E-state index contributed by atoms with van der Waals surface area (Å²) in [5.74, 6) is 2.14. The second-order valence-corrected chi connectivity index (χ2v) is 4.71. The SMILES string of the molecule is CCCNc1nc(-c2ccco2)nc(CC)c1Br. The number of hydrogen-bond acceptors (Lipinski definition) is 4. The van der Waals surface area contributed by atoms with Gasteiger partial charge in [0.05, 0.1) is 16.4 Å². The molecule has 0 saturated carbocycles. The van der Waals surface area contributed by atoms with Crippen molar-refractivity contribution < 1.29 is 4.42 Å². The van der Waals surface area contributed by atoms with Crippen molar-refractivity contribution >= 4 is 21.7 Å². The normalized spacial score (nSPS) is 10.6. The summed E-state index contributed by atoms with van der Waals surface area (Å²) in [7, 11) is 0. The van der Waals surface area contributed by atoms with Crippen LogP contribution in [0.3, 0.4) is 0 Å². The average molecular weight is 310 g/mol. The lowest BCUT2D eigenvalue weighted by Crippen LogP contribution is -2.07. The topological polar surface area (TPSA) is 51.0 Å². The summed E-state index contributed by atoms with van der Waals surface area (Å²) in [4.78, 5) is 9.01. The summed E-state index contributed by atoms with van der Waals surface area (Å²) in [5, 5.41) is 3.30. The molecule has 0 aliphatic heterocycles. The molecule has 0 amide bonds. The second-order valence-electron chi connectivity index (χ2n) is 3.91. The zero-order chi connectivity index (χ0) is 13.0. The number of anilines is 1. The van der Waals surface area contributed by atoms with Crippen molar-refractivity contribution in [2.45, 2.75) is 26.7 Å². The molecule has 0 saturated heterocycles. The van der Waals surface area contributed by atoms with Crippen LogP contribution in [0.4, 0.5) is 5.82 Å². The van der Waals surface area contributed by atoms with Crippen LogP contribution in [-0.4, -0.2) is 16.5 Å². The predicted octanol–water partition coefficient (Wildman–Crippen LogP) is 3.88. The van der Waals surface area contributed by atoms with Crippen LogP contribution < -0.4 is 5.32 Å². The zero-order valence-electron chi connectivity index (χ0n) is 10.5. The van der Waals surface area contributed by atoms with Gasteiger partial charge in [0.25, 0.3) is 0 Å². The molecule has 0 unspecified atom stereocenters. The Morgan fingerprint density at radius 1 is 1.33 bits per heavy atom. The predicted molar refractivity (Wildman–Crippen MR) is 75.6 cm³/mol. The van der Waals surface area contributed by atoms with E-state index in [9.17, 15) is 0 Å². The summed E-state index contributed by atoms with van der Waals surface area (Å²) in [6.45, 7) is 5.08. The maximum Gasteiger partial charge on any atom is 0.197 e. The number of furan rings is 1. The molecule has 96 valence electrons. The molecule has 4 nitrogen and oxygen atoms in total. The molecule has 0 aliphatic carbocycles. The minimum atomic E-state index is 0.624. The van der Waals surface area contributed by atoms with E-state index in [4.69, 9.17) is 4.42 Å². The molecule has 0 atom stereocenters. The number of hydrogen-bond donors (Lipinski definition) is 1. The fraction of sp³-hybridized carbons (Fsp3) is 0.385. The monoisotopic (exact) mass is 309 g/mol. The van der Waals surface area contributed by atoms with Crippen LogP contribution in [0.5, 0.6) is 0 Å². The first-order valence-electron chi connectivity index (χ1n) is 6.10. The van der Waals surface area contributed by atoms with Crippen LogP contribution in [0.25, 0.3) is 11.6 Å². The van der Waals surface area contributed by atoms with Gasteiger partial charge in [-0.25, -0.2) is 9.97 Å². The van der Waals surface area contributed by atoms with E-state index < -0.39 is 0 Å². The highest BCUT2D eigenvalue weighted by Gasteiger charge is 2.13. The summed E-state index contributed by atoms with van der Waals surface area (Å²) < 4.78 is 6.29. The maximum atomic E-state index is 5.35. The Labute approximate surface area is 115 Å². The van der Waals surface area contributed by atoms with Gasteiger partial charge in [-0.05, 0) is 40.9 Å². The van der Waals surface area contributed by atoms with Gasteiger partial charge in [0.15, 0.2) is 11.6 Å². The number of nitrogens with one attached hydrogen (secondary N) is 1. The molecule has 2 aromatic rings. The van der Waals surface area contributed by atoms with Gasteiger partial charge in [-0.2, -0.15) is 0 Å². The standard InChI is InChI=1S/C13H16BrN3O/c1-3-7-15-13-11(14)9(4-2)16-12(17-13)10-6-5-8-18-10/h5-6,8H,3-4,7H2,1-2H3,(H,15,16,17). The van der Waals surface area contributed by atoms with E-state index in [2.05, 4.69) is 45.1 Å². The van der Waals surface area contributed by atoms with Gasteiger partial charge in [0, 0.05) is 6.54 Å². The highest BCUT2D eigenvalue weighted by molar-refractivity contribution is 9.10. The van der Waals surface area contributed by atoms with E-state index in [-0.39, 0.29) is 0 Å². The molecule has 0 aliphatic rings. The number of aromatic nitrogens is 2. The fourth-order valence-corrected chi connectivity index (χ4v) is 2.20. The first-order valence-corrected chi connectivity index (χ1v) is 6.89. The first kappa shape index (κ1) is 13.1. The van der Waals surface area contributed by atoms with Gasteiger partial charge < -0.3 is 9.73 Å². The van der Waals surface area contributed by atoms with E-state index in [1.807, 2.05) is 12.1 Å². The van der Waals surface area contributed by atoms with Gasteiger partial charge in [0.1, 0.15) is 5.82 Å². The third kappa shape index (κ3) is 2.72. The van der Waals surface area contributed by atoms with Gasteiger partial charge in [-0.15, -0.1) is 0 Å². The van der Waals surface area contributed by atoms with Crippen LogP contribution in [0.1, 0.15) is 26.0 Å². The van der Waals surface area contributed by atoms with Gasteiger partial charge in [-0.3, -0.25) is 0 Å². The largest absolute Gasteiger partial charge is 0.461 e. The van der Waals surface area contributed by atoms with Crippen molar-refractivity contribution in [1.82, 2.24) is 9.97 Å². The van der Waals surface area contributed by atoms with Crippen LogP contribution in [0.2, 0.25) is 0 Å². The maximum absolute atomic E-state index is 5.35. The van der Waals surface area contributed by atoms with E-state index >= 15 is 0 Å². The zero-order valence-corrected chi connectivity index (χ0v) is 12.1. The molecule has 0 bridgehead atoms. The van der Waals surface area contributed by atoms with Gasteiger partial charge >= 0.3 is 0 Å². The minimum Gasteiger partial charge on any atom is -0.461 e. The summed E-state index contributed by atoms with van der Waals surface area (Å²) in [5.41, 5.74) is 0.981.